The molecule has 0 amide bonds. The minimum absolute atomic E-state index is 0.135. The molecular formula is C8H14O2S. The highest BCUT2D eigenvalue weighted by Crippen LogP contribution is 2.14. The Bertz CT molecular complexity index is 239. The summed E-state index contributed by atoms with van der Waals surface area (Å²) in [5.41, 5.74) is 0. The van der Waals surface area contributed by atoms with Gasteiger partial charge in [-0.2, -0.15) is 0 Å². The van der Waals surface area contributed by atoms with E-state index < -0.39 is 9.52 Å². The maximum atomic E-state index is 11.3. The quantitative estimate of drug-likeness (QED) is 0.461. The first-order valence-corrected chi connectivity index (χ1v) is 5.80. The molecular weight excluding hydrogens is 160 g/mol. The van der Waals surface area contributed by atoms with Crippen LogP contribution in [0.25, 0.3) is 0 Å². The Hall–Kier alpha value is -0.440. The fourth-order valence-corrected chi connectivity index (χ4v) is 2.93. The van der Waals surface area contributed by atoms with Crippen molar-refractivity contribution in [3.63, 3.8) is 0 Å². The summed E-state index contributed by atoms with van der Waals surface area (Å²) < 4.78 is 16.6. The van der Waals surface area contributed by atoms with Gasteiger partial charge in [0.1, 0.15) is 6.10 Å². The van der Waals surface area contributed by atoms with E-state index in [2.05, 4.69) is 5.87 Å². The zero-order valence-electron chi connectivity index (χ0n) is 6.79. The molecule has 2 unspecified atom stereocenters. The van der Waals surface area contributed by atoms with E-state index in [0.29, 0.717) is 5.75 Å². The van der Waals surface area contributed by atoms with Gasteiger partial charge in [-0.05, 0) is 28.7 Å². The van der Waals surface area contributed by atoms with Crippen LogP contribution in [-0.2, 0) is 14.3 Å². The smallest absolute Gasteiger partial charge is 0.110 e. The van der Waals surface area contributed by atoms with Crippen LogP contribution in [0.2, 0.25) is 0 Å². The van der Waals surface area contributed by atoms with Gasteiger partial charge >= 0.3 is 0 Å². The van der Waals surface area contributed by atoms with E-state index in [0.717, 1.165) is 12.2 Å². The highest BCUT2D eigenvalue weighted by atomic mass is 32.2. The van der Waals surface area contributed by atoms with Crippen molar-refractivity contribution >= 4 is 15.4 Å². The number of rotatable bonds is 2. The zero-order valence-corrected chi connectivity index (χ0v) is 7.60. The highest BCUT2D eigenvalue weighted by molar-refractivity contribution is 8.00. The van der Waals surface area contributed by atoms with E-state index in [4.69, 9.17) is 4.74 Å². The normalized spacial score (nSPS) is 38.1. The van der Waals surface area contributed by atoms with Gasteiger partial charge in [-0.25, -0.2) is 0 Å². The Morgan fingerprint density at radius 3 is 2.91 bits per heavy atom. The molecule has 0 radical (unpaired) electrons. The van der Waals surface area contributed by atoms with Crippen LogP contribution >= 0.6 is 0 Å². The van der Waals surface area contributed by atoms with Gasteiger partial charge < -0.3 is 4.74 Å². The van der Waals surface area contributed by atoms with E-state index in [1.807, 2.05) is 13.0 Å². The maximum absolute atomic E-state index is 11.3. The number of hydrogen-bond acceptors (Lipinski definition) is 2. The second-order valence-corrected chi connectivity index (χ2v) is 5.53. The van der Waals surface area contributed by atoms with Gasteiger partial charge in [0.25, 0.3) is 0 Å². The zero-order chi connectivity index (χ0) is 8.32. The molecule has 1 rings (SSSR count). The summed E-state index contributed by atoms with van der Waals surface area (Å²) in [7, 11) is -1.78. The summed E-state index contributed by atoms with van der Waals surface area (Å²) in [6.45, 7) is 1.90. The molecule has 0 aromatic carbocycles. The molecule has 0 N–H and O–H groups in total. The molecule has 0 aromatic rings. The van der Waals surface area contributed by atoms with Gasteiger partial charge in [-0.3, -0.25) is 4.21 Å². The van der Waals surface area contributed by atoms with Gasteiger partial charge in [-0.1, -0.05) is 6.08 Å². The fourth-order valence-electron chi connectivity index (χ4n) is 1.15. The van der Waals surface area contributed by atoms with Crippen LogP contribution in [0.5, 0.6) is 0 Å². The third-order valence-corrected chi connectivity index (χ3v) is 3.67. The lowest BCUT2D eigenvalue weighted by atomic mass is 10.3. The van der Waals surface area contributed by atoms with Crippen molar-refractivity contribution in [3.05, 3.63) is 12.3 Å². The standard InChI is InChI=1S/C8H14O2S/c1-3-5-10-8-4-6-11(2,9)7-8/h3,5,8H,2,4,6-7H2,1H3. The molecule has 0 spiro atoms. The second-order valence-electron chi connectivity index (χ2n) is 2.85. The van der Waals surface area contributed by atoms with E-state index >= 15 is 0 Å². The van der Waals surface area contributed by atoms with Crippen LogP contribution < -0.4 is 0 Å². The van der Waals surface area contributed by atoms with Gasteiger partial charge in [0.2, 0.25) is 0 Å². The van der Waals surface area contributed by atoms with Crippen molar-refractivity contribution in [2.75, 3.05) is 11.5 Å². The first-order chi connectivity index (χ1) is 5.14. The predicted molar refractivity (Wildman–Crippen MR) is 49.3 cm³/mol. The van der Waals surface area contributed by atoms with Crippen molar-refractivity contribution in [3.8, 4) is 0 Å². The first kappa shape index (κ1) is 8.65. The lowest BCUT2D eigenvalue weighted by Crippen LogP contribution is -2.11. The summed E-state index contributed by atoms with van der Waals surface area (Å²) in [6, 6.07) is 0. The molecule has 3 heteroatoms. The monoisotopic (exact) mass is 174 g/mol. The summed E-state index contributed by atoms with van der Waals surface area (Å²) >= 11 is 0. The lowest BCUT2D eigenvalue weighted by Gasteiger charge is -2.06. The maximum Gasteiger partial charge on any atom is 0.110 e. The van der Waals surface area contributed by atoms with E-state index in [-0.39, 0.29) is 6.10 Å². The molecule has 1 saturated heterocycles. The van der Waals surface area contributed by atoms with Gasteiger partial charge in [-0.15, -0.1) is 0 Å². The minimum atomic E-state index is -1.78. The average Bonchev–Trinajstić information content (AvgIpc) is 2.26. The molecule has 1 aliphatic rings. The Morgan fingerprint density at radius 2 is 2.45 bits per heavy atom. The number of ether oxygens (including phenoxy) is 1. The van der Waals surface area contributed by atoms with Crippen LogP contribution in [0.15, 0.2) is 12.3 Å². The van der Waals surface area contributed by atoms with Crippen LogP contribution in [0, 0.1) is 0 Å². The van der Waals surface area contributed by atoms with Gasteiger partial charge in [0.05, 0.1) is 12.0 Å². The van der Waals surface area contributed by atoms with Crippen LogP contribution in [-0.4, -0.2) is 27.7 Å². The summed E-state index contributed by atoms with van der Waals surface area (Å²) in [4.78, 5) is 0. The minimum Gasteiger partial charge on any atom is -0.497 e. The summed E-state index contributed by atoms with van der Waals surface area (Å²) in [6.07, 6.45) is 4.51. The Balaban J connectivity index is 2.43. The van der Waals surface area contributed by atoms with Crippen LogP contribution in [0.3, 0.4) is 0 Å². The Morgan fingerprint density at radius 1 is 1.73 bits per heavy atom. The predicted octanol–water partition coefficient (Wildman–Crippen LogP) is 1.03. The van der Waals surface area contributed by atoms with Crippen LogP contribution in [0.1, 0.15) is 13.3 Å². The SMILES string of the molecule is C=S1(=O)CCC(OC=CC)C1. The van der Waals surface area contributed by atoms with Crippen molar-refractivity contribution < 1.29 is 8.95 Å². The van der Waals surface area contributed by atoms with E-state index in [9.17, 15) is 4.21 Å². The molecule has 2 nitrogen and oxygen atoms in total. The van der Waals surface area contributed by atoms with Gasteiger partial charge in [0.15, 0.2) is 0 Å². The van der Waals surface area contributed by atoms with Crippen molar-refractivity contribution in [1.82, 2.24) is 0 Å². The fraction of sp³-hybridized carbons (Fsp3) is 0.625. The molecule has 0 aliphatic carbocycles. The lowest BCUT2D eigenvalue weighted by molar-refractivity contribution is 0.168. The molecule has 1 fully saturated rings. The third kappa shape index (κ3) is 2.58. The third-order valence-electron chi connectivity index (χ3n) is 1.71. The van der Waals surface area contributed by atoms with Gasteiger partial charge in [0, 0.05) is 5.75 Å². The number of hydrogen-bond donors (Lipinski definition) is 0. The van der Waals surface area contributed by atoms with E-state index in [1.54, 1.807) is 6.26 Å². The van der Waals surface area contributed by atoms with Crippen molar-refractivity contribution in [2.24, 2.45) is 0 Å². The van der Waals surface area contributed by atoms with E-state index in [1.165, 1.54) is 0 Å². The van der Waals surface area contributed by atoms with Crippen LogP contribution in [0.4, 0.5) is 0 Å². The summed E-state index contributed by atoms with van der Waals surface area (Å²) in [5, 5.41) is 0. The highest BCUT2D eigenvalue weighted by Gasteiger charge is 2.23. The van der Waals surface area contributed by atoms with Crippen molar-refractivity contribution in [2.45, 2.75) is 19.4 Å². The second kappa shape index (κ2) is 3.30. The molecule has 0 saturated carbocycles. The van der Waals surface area contributed by atoms with Crippen molar-refractivity contribution in [1.29, 1.82) is 0 Å². The molecule has 0 bridgehead atoms. The molecule has 0 aromatic heterocycles. The largest absolute Gasteiger partial charge is 0.497 e. The molecule has 64 valence electrons. The molecule has 1 heterocycles. The average molecular weight is 174 g/mol. The molecule has 11 heavy (non-hydrogen) atoms. The topological polar surface area (TPSA) is 26.3 Å². The Labute approximate surface area is 68.3 Å². The molecule has 1 aliphatic heterocycles. The Kier molecular flexibility index (Phi) is 2.60. The summed E-state index contributed by atoms with van der Waals surface area (Å²) in [5.74, 6) is 4.99. The first-order valence-electron chi connectivity index (χ1n) is 3.73. The number of allylic oxidation sites excluding steroid dienone is 1. The molecule has 2 atom stereocenters.